The van der Waals surface area contributed by atoms with Gasteiger partial charge in [0.1, 0.15) is 13.2 Å². The summed E-state index contributed by atoms with van der Waals surface area (Å²) in [6.45, 7) is 5.18. The molecule has 1 aliphatic rings. The fourth-order valence-electron chi connectivity index (χ4n) is 6.20. The van der Waals surface area contributed by atoms with Crippen LogP contribution in [0.3, 0.4) is 0 Å². The minimum Gasteiger partial charge on any atom is -0.449 e. The molecule has 0 saturated heterocycles. The molecule has 3 aromatic rings. The number of primary amides is 1. The summed E-state index contributed by atoms with van der Waals surface area (Å²) in [6, 6.07) is 21.3. The van der Waals surface area contributed by atoms with Gasteiger partial charge in [-0.2, -0.15) is 0 Å². The summed E-state index contributed by atoms with van der Waals surface area (Å²) >= 11 is 0. The Morgan fingerprint density at radius 2 is 1.50 bits per heavy atom. The molecular weight excluding hydrogens is 664 g/mol. The highest BCUT2D eigenvalue weighted by Gasteiger charge is 2.32. The Labute approximate surface area is 305 Å². The predicted octanol–water partition coefficient (Wildman–Crippen LogP) is 5.00. The summed E-state index contributed by atoms with van der Waals surface area (Å²) in [6.07, 6.45) is -0.630. The van der Waals surface area contributed by atoms with E-state index < -0.39 is 30.2 Å². The quantitative estimate of drug-likeness (QED) is 0.114. The molecule has 6 N–H and O–H groups in total. The molecule has 0 bridgehead atoms. The van der Waals surface area contributed by atoms with Gasteiger partial charge >= 0.3 is 18.2 Å². The molecule has 13 nitrogen and oxygen atoms in total. The van der Waals surface area contributed by atoms with Crippen LogP contribution < -0.4 is 27.0 Å². The van der Waals surface area contributed by atoms with Gasteiger partial charge in [-0.3, -0.25) is 9.59 Å². The number of hydrogen-bond acceptors (Lipinski definition) is 8. The molecule has 4 rings (SSSR count). The second-order valence-corrected chi connectivity index (χ2v) is 13.3. The third-order valence-corrected chi connectivity index (χ3v) is 9.07. The minimum atomic E-state index is -0.894. The highest BCUT2D eigenvalue weighted by molar-refractivity contribution is 5.97. The molecule has 13 heteroatoms. The molecule has 0 fully saturated rings. The summed E-state index contributed by atoms with van der Waals surface area (Å²) in [5.41, 5.74) is 10.8. The smallest absolute Gasteiger partial charge is 0.409 e. The number of ketones is 1. The SMILES string of the molecule is CNCCN(C)C(=O)OCc1ccc(NC(=O)[C@H](CCCNC(N)=O)CC(=O)[C@@H](NC(=O)OCC2c3ccccc3-c3ccccc32)C(C)C)cc1. The Morgan fingerprint density at radius 1 is 0.865 bits per heavy atom. The number of urea groups is 1. The Bertz CT molecular complexity index is 1650. The van der Waals surface area contributed by atoms with Crippen LogP contribution in [-0.4, -0.2) is 81.2 Å². The zero-order chi connectivity index (χ0) is 37.6. The Kier molecular flexibility index (Phi) is 14.6. The molecule has 278 valence electrons. The number of rotatable bonds is 18. The number of amides is 5. The first-order valence-corrected chi connectivity index (χ1v) is 17.6. The molecule has 0 unspecified atom stereocenters. The van der Waals surface area contributed by atoms with Gasteiger partial charge in [-0.25, -0.2) is 14.4 Å². The van der Waals surface area contributed by atoms with Crippen molar-refractivity contribution in [3.05, 3.63) is 89.5 Å². The van der Waals surface area contributed by atoms with E-state index in [1.807, 2.05) is 50.2 Å². The van der Waals surface area contributed by atoms with Crippen LogP contribution >= 0.6 is 0 Å². The highest BCUT2D eigenvalue weighted by atomic mass is 16.6. The van der Waals surface area contributed by atoms with Gasteiger partial charge in [-0.15, -0.1) is 0 Å². The van der Waals surface area contributed by atoms with E-state index >= 15 is 0 Å². The van der Waals surface area contributed by atoms with Crippen LogP contribution in [0.1, 0.15) is 55.7 Å². The molecular formula is C39H50N6O7. The number of anilines is 1. The predicted molar refractivity (Wildman–Crippen MR) is 199 cm³/mol. The number of benzene rings is 3. The number of carbonyl (C=O) groups excluding carboxylic acids is 5. The largest absolute Gasteiger partial charge is 0.449 e. The van der Waals surface area contributed by atoms with Gasteiger partial charge in [0.05, 0.1) is 6.04 Å². The number of hydrogen-bond donors (Lipinski definition) is 5. The van der Waals surface area contributed by atoms with Crippen molar-refractivity contribution >= 4 is 35.6 Å². The van der Waals surface area contributed by atoms with E-state index in [0.29, 0.717) is 25.2 Å². The zero-order valence-corrected chi connectivity index (χ0v) is 30.3. The Balaban J connectivity index is 1.36. The average molecular weight is 715 g/mol. The third-order valence-electron chi connectivity index (χ3n) is 9.07. The molecule has 0 spiro atoms. The van der Waals surface area contributed by atoms with E-state index in [4.69, 9.17) is 15.2 Å². The molecule has 52 heavy (non-hydrogen) atoms. The highest BCUT2D eigenvalue weighted by Crippen LogP contribution is 2.44. The Hall–Kier alpha value is -5.43. The zero-order valence-electron chi connectivity index (χ0n) is 30.3. The lowest BCUT2D eigenvalue weighted by molar-refractivity contribution is -0.128. The molecule has 2 atom stereocenters. The number of nitrogens with one attached hydrogen (secondary N) is 4. The number of nitrogens with zero attached hydrogens (tertiary/aromatic N) is 1. The maximum atomic E-state index is 13.7. The minimum absolute atomic E-state index is 0.0637. The lowest BCUT2D eigenvalue weighted by Gasteiger charge is -2.24. The van der Waals surface area contributed by atoms with Crippen molar-refractivity contribution in [3.63, 3.8) is 0 Å². The van der Waals surface area contributed by atoms with E-state index in [-0.39, 0.29) is 56.1 Å². The van der Waals surface area contributed by atoms with E-state index in [0.717, 1.165) is 27.8 Å². The average Bonchev–Trinajstić information content (AvgIpc) is 3.45. The van der Waals surface area contributed by atoms with E-state index in [1.165, 1.54) is 4.90 Å². The van der Waals surface area contributed by atoms with Crippen molar-refractivity contribution in [2.75, 3.05) is 45.7 Å². The van der Waals surface area contributed by atoms with Crippen LogP contribution in [0.2, 0.25) is 0 Å². The maximum Gasteiger partial charge on any atom is 0.409 e. The van der Waals surface area contributed by atoms with E-state index in [1.54, 1.807) is 38.4 Å². The van der Waals surface area contributed by atoms with Gasteiger partial charge in [0, 0.05) is 50.6 Å². The second kappa shape index (κ2) is 19.3. The molecule has 1 aliphatic carbocycles. The number of likely N-dealkylation sites (N-methyl/N-ethyl adjacent to an activating group) is 2. The van der Waals surface area contributed by atoms with Crippen LogP contribution in [0.4, 0.5) is 20.1 Å². The lowest BCUT2D eigenvalue weighted by atomic mass is 9.89. The standard InChI is InChI=1S/C39H50N6O7/c1-25(2)35(44-38(49)51-24-33-31-13-7-5-11-29(31)30-12-6-8-14-32(30)33)34(46)22-27(10-9-19-42-37(40)48)36(47)43-28-17-15-26(16-18-28)23-52-39(50)45(4)21-20-41-3/h5-8,11-18,25,27,33,35,41H,9-10,19-24H2,1-4H3,(H,43,47)(H,44,49)(H3,40,42,48)/t27-,35+/m1/s1. The molecule has 0 radical (unpaired) electrons. The van der Waals surface area contributed by atoms with Crippen LogP contribution in [0, 0.1) is 11.8 Å². The lowest BCUT2D eigenvalue weighted by Crippen LogP contribution is -2.46. The van der Waals surface area contributed by atoms with Crippen molar-refractivity contribution in [1.82, 2.24) is 20.9 Å². The number of carbonyl (C=O) groups is 5. The fourth-order valence-corrected chi connectivity index (χ4v) is 6.20. The van der Waals surface area contributed by atoms with Gasteiger partial charge in [0.2, 0.25) is 5.91 Å². The summed E-state index contributed by atoms with van der Waals surface area (Å²) in [7, 11) is 3.46. The number of nitrogens with two attached hydrogens (primary N) is 1. The first-order valence-electron chi connectivity index (χ1n) is 17.6. The molecule has 5 amide bonds. The van der Waals surface area contributed by atoms with Gasteiger partial charge in [-0.1, -0.05) is 74.5 Å². The van der Waals surface area contributed by atoms with Crippen LogP contribution in [0.25, 0.3) is 11.1 Å². The van der Waals surface area contributed by atoms with Crippen LogP contribution in [0.15, 0.2) is 72.8 Å². The van der Waals surface area contributed by atoms with Crippen LogP contribution in [0.5, 0.6) is 0 Å². The van der Waals surface area contributed by atoms with Gasteiger partial charge in [0.15, 0.2) is 5.78 Å². The van der Waals surface area contributed by atoms with E-state index in [2.05, 4.69) is 33.4 Å². The Morgan fingerprint density at radius 3 is 2.10 bits per heavy atom. The normalized spacial score (nSPS) is 12.9. The van der Waals surface area contributed by atoms with Gasteiger partial charge in [0.25, 0.3) is 0 Å². The van der Waals surface area contributed by atoms with Gasteiger partial charge in [-0.05, 0) is 65.8 Å². The third kappa shape index (κ3) is 11.0. The van der Waals surface area contributed by atoms with Crippen molar-refractivity contribution in [1.29, 1.82) is 0 Å². The first-order chi connectivity index (χ1) is 25.0. The summed E-state index contributed by atoms with van der Waals surface area (Å²) in [5, 5.41) is 11.1. The number of ether oxygens (including phenoxy) is 2. The maximum absolute atomic E-state index is 13.7. The fraction of sp³-hybridized carbons (Fsp3) is 0.410. The van der Waals surface area contributed by atoms with Crippen molar-refractivity contribution in [2.24, 2.45) is 17.6 Å². The van der Waals surface area contributed by atoms with Crippen molar-refractivity contribution in [3.8, 4) is 11.1 Å². The summed E-state index contributed by atoms with van der Waals surface area (Å²) in [4.78, 5) is 65.2. The van der Waals surface area contributed by atoms with Crippen molar-refractivity contribution < 1.29 is 33.4 Å². The van der Waals surface area contributed by atoms with E-state index in [9.17, 15) is 24.0 Å². The first kappa shape index (κ1) is 39.4. The topological polar surface area (TPSA) is 181 Å². The number of Topliss-reactive ketones (excluding diaryl/α,β-unsaturated/α-hetero) is 1. The molecule has 0 aromatic heterocycles. The molecule has 0 heterocycles. The summed E-state index contributed by atoms with van der Waals surface area (Å²) < 4.78 is 11.1. The molecule has 0 saturated carbocycles. The monoisotopic (exact) mass is 714 g/mol. The molecule has 3 aromatic carbocycles. The number of fused-ring (bicyclic) bond motifs is 3. The van der Waals surface area contributed by atoms with Crippen LogP contribution in [-0.2, 0) is 25.7 Å². The molecule has 0 aliphatic heterocycles. The van der Waals surface area contributed by atoms with Gasteiger partial charge < -0.3 is 41.4 Å². The van der Waals surface area contributed by atoms with Crippen molar-refractivity contribution in [2.45, 2.75) is 51.7 Å². The second-order valence-electron chi connectivity index (χ2n) is 13.3. The summed E-state index contributed by atoms with van der Waals surface area (Å²) in [5.74, 6) is -1.88. The number of alkyl carbamates (subject to hydrolysis) is 1.